The average Bonchev–Trinajstić information content (AvgIpc) is 2.85. The van der Waals surface area contributed by atoms with Crippen LogP contribution < -0.4 is 10.1 Å². The quantitative estimate of drug-likeness (QED) is 0.648. The van der Waals surface area contributed by atoms with Gasteiger partial charge in [0.1, 0.15) is 17.3 Å². The molecule has 6 heteroatoms. The van der Waals surface area contributed by atoms with Crippen molar-refractivity contribution in [1.82, 2.24) is 15.1 Å². The minimum absolute atomic E-state index is 0.0500. The Morgan fingerprint density at radius 3 is 2.39 bits per heavy atom. The first-order valence-electron chi connectivity index (χ1n) is 13.0. The fourth-order valence-corrected chi connectivity index (χ4v) is 5.99. The molecule has 0 aromatic heterocycles. The molecule has 2 saturated heterocycles. The van der Waals surface area contributed by atoms with Crippen LogP contribution in [0.3, 0.4) is 0 Å². The largest absolute Gasteiger partial charge is 0.497 e. The van der Waals surface area contributed by atoms with Gasteiger partial charge in [0.2, 0.25) is 11.8 Å². The molecule has 1 N–H and O–H groups in total. The fraction of sp³-hybridized carbons (Fsp3) is 0.704. The van der Waals surface area contributed by atoms with Gasteiger partial charge in [-0.25, -0.2) is 0 Å². The molecule has 1 spiro atoms. The van der Waals surface area contributed by atoms with Crippen molar-refractivity contribution in [3.05, 3.63) is 29.8 Å². The van der Waals surface area contributed by atoms with E-state index in [1.54, 1.807) is 7.11 Å². The number of ether oxygens (including phenoxy) is 1. The smallest absolute Gasteiger partial charge is 0.246 e. The number of carbonyl (C=O) groups excluding carboxylic acids is 2. The molecule has 1 aromatic rings. The number of carbonyl (C=O) groups is 2. The second-order valence-electron chi connectivity index (χ2n) is 10.3. The number of benzene rings is 1. The summed E-state index contributed by atoms with van der Waals surface area (Å²) < 4.78 is 5.24. The highest BCUT2D eigenvalue weighted by Crippen LogP contribution is 2.35. The zero-order chi connectivity index (χ0) is 23.3. The lowest BCUT2D eigenvalue weighted by molar-refractivity contribution is -0.161. The molecule has 1 aliphatic carbocycles. The third kappa shape index (κ3) is 5.37. The van der Waals surface area contributed by atoms with Crippen LogP contribution in [0.1, 0.15) is 70.3 Å². The molecule has 1 aromatic carbocycles. The maximum Gasteiger partial charge on any atom is 0.246 e. The van der Waals surface area contributed by atoms with Crippen molar-refractivity contribution >= 4 is 11.8 Å². The van der Waals surface area contributed by atoms with Crippen LogP contribution >= 0.6 is 0 Å². The fourth-order valence-electron chi connectivity index (χ4n) is 5.99. The summed E-state index contributed by atoms with van der Waals surface area (Å²) in [5.41, 5.74) is 0.356. The number of hydrogen-bond donors (Lipinski definition) is 1. The molecule has 0 bridgehead atoms. The van der Waals surface area contributed by atoms with Crippen LogP contribution in [0.5, 0.6) is 5.75 Å². The van der Waals surface area contributed by atoms with Gasteiger partial charge in [-0.05, 0) is 55.7 Å². The number of nitrogens with zero attached hydrogens (tertiary/aromatic N) is 2. The summed E-state index contributed by atoms with van der Waals surface area (Å²) in [6.07, 6.45) is 10.7. The molecule has 2 aliphatic heterocycles. The molecule has 3 fully saturated rings. The molecule has 4 rings (SSSR count). The van der Waals surface area contributed by atoms with Crippen molar-refractivity contribution in [2.75, 3.05) is 33.3 Å². The number of likely N-dealkylation sites (tertiary alicyclic amines) is 1. The minimum atomic E-state index is -0.675. The van der Waals surface area contributed by atoms with Crippen LogP contribution in [0, 0.1) is 5.92 Å². The van der Waals surface area contributed by atoms with Crippen LogP contribution in [0.25, 0.3) is 0 Å². The van der Waals surface area contributed by atoms with Crippen molar-refractivity contribution in [2.24, 2.45) is 5.92 Å². The Balaban J connectivity index is 1.44. The number of unbranched alkanes of at least 4 members (excludes halogenated alkanes) is 1. The third-order valence-electron chi connectivity index (χ3n) is 8.07. The molecular weight excluding hydrogens is 414 g/mol. The first-order valence-corrected chi connectivity index (χ1v) is 13.0. The van der Waals surface area contributed by atoms with Crippen molar-refractivity contribution in [2.45, 2.75) is 82.7 Å². The highest BCUT2D eigenvalue weighted by atomic mass is 16.5. The normalized spacial score (nSPS) is 24.2. The van der Waals surface area contributed by atoms with E-state index in [2.05, 4.69) is 17.1 Å². The SMILES string of the molecule is CCCCN1C(=O)[C@@H](Cc2ccc(OC)cc2)NC(=O)C12CCN(CC1CCCCC1)CC2. The predicted molar refractivity (Wildman–Crippen MR) is 130 cm³/mol. The number of hydrogen-bond acceptors (Lipinski definition) is 4. The van der Waals surface area contributed by atoms with E-state index >= 15 is 0 Å². The van der Waals surface area contributed by atoms with E-state index in [0.717, 1.165) is 62.5 Å². The van der Waals surface area contributed by atoms with Crippen molar-refractivity contribution in [1.29, 1.82) is 0 Å². The summed E-state index contributed by atoms with van der Waals surface area (Å²) in [5.74, 6) is 1.73. The van der Waals surface area contributed by atoms with Crippen LogP contribution in [0.4, 0.5) is 0 Å². The van der Waals surface area contributed by atoms with Crippen LogP contribution in [0.15, 0.2) is 24.3 Å². The molecule has 6 nitrogen and oxygen atoms in total. The van der Waals surface area contributed by atoms with Gasteiger partial charge in [0.25, 0.3) is 0 Å². The van der Waals surface area contributed by atoms with Gasteiger partial charge in [0, 0.05) is 32.6 Å². The number of piperazine rings is 1. The van der Waals surface area contributed by atoms with Crippen LogP contribution in [-0.2, 0) is 16.0 Å². The Kier molecular flexibility index (Phi) is 7.94. The molecule has 0 radical (unpaired) electrons. The molecule has 33 heavy (non-hydrogen) atoms. The van der Waals surface area contributed by atoms with Gasteiger partial charge in [-0.3, -0.25) is 9.59 Å². The molecule has 3 aliphatic rings. The summed E-state index contributed by atoms with van der Waals surface area (Å²) in [6, 6.07) is 7.27. The maximum absolute atomic E-state index is 13.6. The summed E-state index contributed by atoms with van der Waals surface area (Å²) >= 11 is 0. The van der Waals surface area contributed by atoms with E-state index in [9.17, 15) is 9.59 Å². The summed E-state index contributed by atoms with van der Waals surface area (Å²) in [6.45, 7) is 5.78. The Labute approximate surface area is 199 Å². The summed E-state index contributed by atoms with van der Waals surface area (Å²) in [5, 5.41) is 3.13. The van der Waals surface area contributed by atoms with Gasteiger partial charge < -0.3 is 19.9 Å². The first kappa shape index (κ1) is 24.1. The van der Waals surface area contributed by atoms with Gasteiger partial charge in [-0.1, -0.05) is 44.7 Å². The topological polar surface area (TPSA) is 61.9 Å². The third-order valence-corrected chi connectivity index (χ3v) is 8.07. The zero-order valence-corrected chi connectivity index (χ0v) is 20.5. The van der Waals surface area contributed by atoms with Crippen molar-refractivity contribution in [3.8, 4) is 5.75 Å². The molecule has 1 atom stereocenters. The van der Waals surface area contributed by atoms with Crippen molar-refractivity contribution < 1.29 is 14.3 Å². The molecule has 2 amide bonds. The Hall–Kier alpha value is -2.08. The lowest BCUT2D eigenvalue weighted by Crippen LogP contribution is -2.73. The number of methoxy groups -OCH3 is 1. The van der Waals surface area contributed by atoms with E-state index in [1.165, 1.54) is 32.1 Å². The monoisotopic (exact) mass is 455 g/mol. The highest BCUT2D eigenvalue weighted by Gasteiger charge is 2.53. The second kappa shape index (κ2) is 10.9. The Morgan fingerprint density at radius 1 is 1.06 bits per heavy atom. The Bertz CT molecular complexity index is 795. The molecular formula is C27H41N3O3. The van der Waals surface area contributed by atoms with Crippen LogP contribution in [-0.4, -0.2) is 66.5 Å². The average molecular weight is 456 g/mol. The standard InChI is InChI=1S/C27H41N3O3/c1-3-4-16-30-25(31)24(19-21-10-12-23(33-2)13-11-21)28-26(32)27(30)14-17-29(18-15-27)20-22-8-6-5-7-9-22/h10-13,22,24H,3-9,14-20H2,1-2H3,(H,28,32)/t24-/m1/s1. The van der Waals surface area contributed by atoms with Gasteiger partial charge in [-0.2, -0.15) is 0 Å². The van der Waals surface area contributed by atoms with E-state index in [4.69, 9.17) is 4.74 Å². The minimum Gasteiger partial charge on any atom is -0.497 e. The van der Waals surface area contributed by atoms with Gasteiger partial charge in [0.05, 0.1) is 7.11 Å². The lowest BCUT2D eigenvalue weighted by Gasteiger charge is -2.52. The summed E-state index contributed by atoms with van der Waals surface area (Å²) in [4.78, 5) is 31.7. The summed E-state index contributed by atoms with van der Waals surface area (Å²) in [7, 11) is 1.64. The van der Waals surface area contributed by atoms with Gasteiger partial charge in [0.15, 0.2) is 0 Å². The van der Waals surface area contributed by atoms with E-state index < -0.39 is 11.6 Å². The van der Waals surface area contributed by atoms with Gasteiger partial charge in [-0.15, -0.1) is 0 Å². The lowest BCUT2D eigenvalue weighted by atomic mass is 9.80. The van der Waals surface area contributed by atoms with E-state index in [0.29, 0.717) is 13.0 Å². The molecule has 2 heterocycles. The van der Waals surface area contributed by atoms with E-state index in [1.807, 2.05) is 29.2 Å². The maximum atomic E-state index is 13.6. The van der Waals surface area contributed by atoms with E-state index in [-0.39, 0.29) is 11.8 Å². The first-order chi connectivity index (χ1) is 16.1. The van der Waals surface area contributed by atoms with Crippen LogP contribution in [0.2, 0.25) is 0 Å². The number of rotatable bonds is 8. The molecule has 182 valence electrons. The van der Waals surface area contributed by atoms with Crippen molar-refractivity contribution in [3.63, 3.8) is 0 Å². The number of amides is 2. The predicted octanol–water partition coefficient (Wildman–Crippen LogP) is 3.78. The number of nitrogens with one attached hydrogen (secondary N) is 1. The molecule has 0 unspecified atom stereocenters. The van der Waals surface area contributed by atoms with Gasteiger partial charge >= 0.3 is 0 Å². The second-order valence-corrected chi connectivity index (χ2v) is 10.3. The zero-order valence-electron chi connectivity index (χ0n) is 20.5. The highest BCUT2D eigenvalue weighted by molar-refractivity contribution is 6.00. The molecule has 1 saturated carbocycles. The number of piperidine rings is 1. The Morgan fingerprint density at radius 2 is 1.76 bits per heavy atom.